The van der Waals surface area contributed by atoms with Crippen molar-refractivity contribution in [3.05, 3.63) is 76.6 Å². The van der Waals surface area contributed by atoms with Crippen LogP contribution in [0.15, 0.2) is 69.5 Å². The Morgan fingerprint density at radius 1 is 1.16 bits per heavy atom. The fourth-order valence-corrected chi connectivity index (χ4v) is 3.09. The number of rotatable bonds is 6. The van der Waals surface area contributed by atoms with Gasteiger partial charge in [0.1, 0.15) is 5.76 Å². The van der Waals surface area contributed by atoms with Crippen molar-refractivity contribution in [2.24, 2.45) is 5.92 Å². The molecule has 2 aromatic carbocycles. The summed E-state index contributed by atoms with van der Waals surface area (Å²) in [5.74, 6) is 0.913. The number of oxazole rings is 1. The van der Waals surface area contributed by atoms with E-state index >= 15 is 0 Å². The molecule has 0 amide bonds. The van der Waals surface area contributed by atoms with Crippen molar-refractivity contribution in [2.45, 2.75) is 40.0 Å². The number of fused-ring (bicyclic) bond motifs is 1. The zero-order valence-electron chi connectivity index (χ0n) is 15.2. The second-order valence-corrected chi connectivity index (χ2v) is 7.03. The predicted octanol–water partition coefficient (Wildman–Crippen LogP) is 5.51. The van der Waals surface area contributed by atoms with Gasteiger partial charge in [-0.1, -0.05) is 48.9 Å². The van der Waals surface area contributed by atoms with Crippen molar-refractivity contribution in [3.63, 3.8) is 0 Å². The van der Waals surface area contributed by atoms with E-state index in [0.717, 1.165) is 41.5 Å². The highest BCUT2D eigenvalue weighted by atomic mass is 16.4. The maximum atomic E-state index is 12.2. The molecule has 0 aliphatic rings. The Hall–Kier alpha value is -2.55. The monoisotopic (exact) mass is 335 g/mol. The molecule has 0 saturated carbocycles. The lowest BCUT2D eigenvalue weighted by Crippen LogP contribution is -2.10. The first-order valence-corrected chi connectivity index (χ1v) is 8.87. The van der Waals surface area contributed by atoms with Crippen LogP contribution in [0.3, 0.4) is 0 Å². The van der Waals surface area contributed by atoms with Gasteiger partial charge in [-0.15, -0.1) is 0 Å². The number of hydrogen-bond acceptors (Lipinski definition) is 2. The average Bonchev–Trinajstić information content (AvgIpc) is 2.94. The molecule has 3 aromatic rings. The highest BCUT2D eigenvalue weighted by molar-refractivity contribution is 5.84. The Labute approximate surface area is 148 Å². The maximum Gasteiger partial charge on any atom is 0.423 e. The molecule has 0 saturated heterocycles. The summed E-state index contributed by atoms with van der Waals surface area (Å²) in [6.45, 7) is 6.44. The van der Waals surface area contributed by atoms with Gasteiger partial charge in [0.2, 0.25) is 0 Å². The molecule has 1 aromatic heterocycles. The first-order valence-electron chi connectivity index (χ1n) is 8.87. The van der Waals surface area contributed by atoms with E-state index in [9.17, 15) is 4.79 Å². The first kappa shape index (κ1) is 17.3. The van der Waals surface area contributed by atoms with Gasteiger partial charge in [0, 0.05) is 6.42 Å². The normalized spacial score (nSPS) is 12.3. The van der Waals surface area contributed by atoms with Crippen molar-refractivity contribution in [1.29, 1.82) is 0 Å². The maximum absolute atomic E-state index is 12.2. The third-order valence-electron chi connectivity index (χ3n) is 4.46. The average molecular weight is 335 g/mol. The lowest BCUT2D eigenvalue weighted by Gasteiger charge is -2.07. The first-order chi connectivity index (χ1) is 12.0. The van der Waals surface area contributed by atoms with Crippen molar-refractivity contribution in [1.82, 2.24) is 4.57 Å². The molecule has 0 fully saturated rings. The Balaban J connectivity index is 1.77. The van der Waals surface area contributed by atoms with E-state index in [4.69, 9.17) is 4.42 Å². The van der Waals surface area contributed by atoms with E-state index < -0.39 is 0 Å². The van der Waals surface area contributed by atoms with Crippen LogP contribution in [0.5, 0.6) is 0 Å². The number of allylic oxidation sites excluding steroid dienone is 2. The van der Waals surface area contributed by atoms with Crippen molar-refractivity contribution >= 4 is 10.8 Å². The number of aromatic nitrogens is 1. The van der Waals surface area contributed by atoms with E-state index in [1.54, 1.807) is 4.57 Å². The molecule has 1 heterocycles. The summed E-state index contributed by atoms with van der Waals surface area (Å²) >= 11 is 0. The minimum absolute atomic E-state index is 0.318. The fraction of sp³-hybridized carbons (Fsp3) is 0.318. The Bertz CT molecular complexity index is 942. The molecule has 0 bridgehead atoms. The fourth-order valence-electron chi connectivity index (χ4n) is 3.09. The Morgan fingerprint density at radius 3 is 2.68 bits per heavy atom. The lowest BCUT2D eigenvalue weighted by molar-refractivity contribution is 0.418. The van der Waals surface area contributed by atoms with Crippen molar-refractivity contribution in [3.8, 4) is 5.69 Å². The molecule has 0 unspecified atom stereocenters. The standard InChI is InChI=1S/C22H25NO2/c1-16(2)7-6-8-17(3)13-21-15-23(22(24)25-21)20-12-11-18-9-4-5-10-19(18)14-20/h4-5,7,9-12,14-15,17H,6,8,13H2,1-3H3/t17-/m0/s1. The van der Waals surface area contributed by atoms with Crippen molar-refractivity contribution < 1.29 is 4.42 Å². The minimum Gasteiger partial charge on any atom is -0.413 e. The molecule has 130 valence electrons. The summed E-state index contributed by atoms with van der Waals surface area (Å²) in [4.78, 5) is 12.2. The van der Waals surface area contributed by atoms with Crippen LogP contribution in [0.25, 0.3) is 16.5 Å². The van der Waals surface area contributed by atoms with Crippen LogP contribution >= 0.6 is 0 Å². The van der Waals surface area contributed by atoms with Crippen LogP contribution in [-0.2, 0) is 6.42 Å². The van der Waals surface area contributed by atoms with Crippen molar-refractivity contribution in [2.75, 3.05) is 0 Å². The highest BCUT2D eigenvalue weighted by Gasteiger charge is 2.11. The summed E-state index contributed by atoms with van der Waals surface area (Å²) in [7, 11) is 0. The summed E-state index contributed by atoms with van der Waals surface area (Å²) in [5.41, 5.74) is 2.19. The van der Waals surface area contributed by atoms with Crippen LogP contribution in [-0.4, -0.2) is 4.57 Å². The van der Waals surface area contributed by atoms with Gasteiger partial charge in [-0.05, 0) is 55.5 Å². The van der Waals surface area contributed by atoms with Crippen LogP contribution in [0, 0.1) is 5.92 Å². The summed E-state index contributed by atoms with van der Waals surface area (Å²) in [6.07, 6.45) is 7.04. The number of nitrogens with zero attached hydrogens (tertiary/aromatic N) is 1. The van der Waals surface area contributed by atoms with Gasteiger partial charge >= 0.3 is 5.76 Å². The minimum atomic E-state index is -0.318. The van der Waals surface area contributed by atoms with Crippen LogP contribution in [0.4, 0.5) is 0 Å². The number of hydrogen-bond donors (Lipinski definition) is 0. The third-order valence-corrected chi connectivity index (χ3v) is 4.46. The quantitative estimate of drug-likeness (QED) is 0.557. The molecule has 0 aliphatic heterocycles. The zero-order chi connectivity index (χ0) is 17.8. The largest absolute Gasteiger partial charge is 0.423 e. The predicted molar refractivity (Wildman–Crippen MR) is 103 cm³/mol. The Morgan fingerprint density at radius 2 is 1.92 bits per heavy atom. The van der Waals surface area contributed by atoms with E-state index in [1.165, 1.54) is 5.57 Å². The molecule has 1 atom stereocenters. The highest BCUT2D eigenvalue weighted by Crippen LogP contribution is 2.19. The van der Waals surface area contributed by atoms with Gasteiger partial charge in [0.05, 0.1) is 11.9 Å². The molecule has 0 radical (unpaired) electrons. The molecule has 3 nitrogen and oxygen atoms in total. The molecular formula is C22H25NO2. The van der Waals surface area contributed by atoms with E-state index in [-0.39, 0.29) is 5.76 Å². The molecule has 0 spiro atoms. The lowest BCUT2D eigenvalue weighted by atomic mass is 10.00. The van der Waals surface area contributed by atoms with E-state index in [1.807, 2.05) is 36.5 Å². The summed E-state index contributed by atoms with van der Waals surface area (Å²) in [6, 6.07) is 14.2. The zero-order valence-corrected chi connectivity index (χ0v) is 15.2. The van der Waals surface area contributed by atoms with Crippen LogP contribution in [0.2, 0.25) is 0 Å². The topological polar surface area (TPSA) is 35.1 Å². The molecule has 25 heavy (non-hydrogen) atoms. The van der Waals surface area contributed by atoms with Gasteiger partial charge < -0.3 is 4.42 Å². The van der Waals surface area contributed by atoms with Gasteiger partial charge in [-0.25, -0.2) is 9.36 Å². The van der Waals surface area contributed by atoms with Gasteiger partial charge in [0.25, 0.3) is 0 Å². The van der Waals surface area contributed by atoms with E-state index in [0.29, 0.717) is 5.92 Å². The molecular weight excluding hydrogens is 310 g/mol. The van der Waals surface area contributed by atoms with Gasteiger partial charge in [0.15, 0.2) is 0 Å². The molecule has 0 N–H and O–H groups in total. The Kier molecular flexibility index (Phi) is 5.22. The van der Waals surface area contributed by atoms with Gasteiger partial charge in [-0.2, -0.15) is 0 Å². The molecule has 3 rings (SSSR count). The smallest absolute Gasteiger partial charge is 0.413 e. The molecule has 3 heteroatoms. The second kappa shape index (κ2) is 7.56. The van der Waals surface area contributed by atoms with Gasteiger partial charge in [-0.3, -0.25) is 0 Å². The summed E-state index contributed by atoms with van der Waals surface area (Å²) in [5, 5.41) is 2.28. The number of benzene rings is 2. The SMILES string of the molecule is CC(C)=CCC[C@H](C)Cc1cn(-c2ccc3ccccc3c2)c(=O)o1. The summed E-state index contributed by atoms with van der Waals surface area (Å²) < 4.78 is 7.07. The van der Waals surface area contributed by atoms with Crippen LogP contribution < -0.4 is 5.76 Å². The second-order valence-electron chi connectivity index (χ2n) is 7.03. The van der Waals surface area contributed by atoms with E-state index in [2.05, 4.69) is 39.0 Å². The molecule has 0 aliphatic carbocycles. The third kappa shape index (κ3) is 4.30. The van der Waals surface area contributed by atoms with Crippen LogP contribution in [0.1, 0.15) is 39.4 Å².